The molecule has 1 aromatic heterocycles. The molecule has 6 heteroatoms. The second-order valence-corrected chi connectivity index (χ2v) is 7.09. The van der Waals surface area contributed by atoms with E-state index in [1.54, 1.807) is 9.58 Å². The summed E-state index contributed by atoms with van der Waals surface area (Å²) in [6.45, 7) is 5.02. The van der Waals surface area contributed by atoms with Gasteiger partial charge in [-0.25, -0.2) is 4.79 Å². The van der Waals surface area contributed by atoms with Crippen LogP contribution >= 0.6 is 11.6 Å². The summed E-state index contributed by atoms with van der Waals surface area (Å²) in [7, 11) is 0. The molecule has 1 amide bonds. The SMILES string of the molecule is CCN(CC)C(=O)Oc1c2c(nn1-c1ccccc1Cl)CCc1ccccc1-2. The van der Waals surface area contributed by atoms with Crippen molar-refractivity contribution in [3.8, 4) is 22.7 Å². The van der Waals surface area contributed by atoms with Crippen LogP contribution in [0.3, 0.4) is 0 Å². The zero-order chi connectivity index (χ0) is 19.7. The van der Waals surface area contributed by atoms with Gasteiger partial charge in [0.05, 0.1) is 22.0 Å². The normalized spacial score (nSPS) is 12.2. The first-order chi connectivity index (χ1) is 13.6. The highest BCUT2D eigenvalue weighted by Crippen LogP contribution is 2.42. The van der Waals surface area contributed by atoms with Crippen molar-refractivity contribution >= 4 is 17.7 Å². The largest absolute Gasteiger partial charge is 0.416 e. The standard InChI is InChI=1S/C22H22ClN3O2/c1-3-25(4-2)22(27)28-21-20-16-10-6-5-9-15(16)13-14-18(20)24-26(21)19-12-8-7-11-17(19)23/h5-12H,3-4,13-14H2,1-2H3. The van der Waals surface area contributed by atoms with Crippen LogP contribution in [-0.2, 0) is 12.8 Å². The van der Waals surface area contributed by atoms with Gasteiger partial charge in [-0.1, -0.05) is 48.0 Å². The monoisotopic (exact) mass is 395 g/mol. The molecule has 0 unspecified atom stereocenters. The predicted octanol–water partition coefficient (Wildman–Crippen LogP) is 5.13. The molecule has 0 radical (unpaired) electrons. The molecule has 0 spiro atoms. The molecule has 4 rings (SSSR count). The Kier molecular flexibility index (Phi) is 5.09. The van der Waals surface area contributed by atoms with Crippen molar-refractivity contribution in [1.82, 2.24) is 14.7 Å². The minimum Gasteiger partial charge on any atom is -0.390 e. The molecule has 0 atom stereocenters. The number of aryl methyl sites for hydroxylation is 2. The molecular formula is C22H22ClN3O2. The van der Waals surface area contributed by atoms with Gasteiger partial charge in [-0.2, -0.15) is 9.78 Å². The third kappa shape index (κ3) is 3.16. The van der Waals surface area contributed by atoms with Crippen molar-refractivity contribution in [2.24, 2.45) is 0 Å². The van der Waals surface area contributed by atoms with Crippen molar-refractivity contribution in [2.45, 2.75) is 26.7 Å². The van der Waals surface area contributed by atoms with Gasteiger partial charge in [0.15, 0.2) is 0 Å². The second-order valence-electron chi connectivity index (χ2n) is 6.69. The first kappa shape index (κ1) is 18.6. The molecule has 0 bridgehead atoms. The number of carbonyl (C=O) groups is 1. The van der Waals surface area contributed by atoms with Gasteiger partial charge < -0.3 is 9.64 Å². The zero-order valence-electron chi connectivity index (χ0n) is 16.0. The molecule has 1 aliphatic carbocycles. The van der Waals surface area contributed by atoms with E-state index in [9.17, 15) is 4.79 Å². The molecule has 0 fully saturated rings. The maximum Gasteiger partial charge on any atom is 0.416 e. The van der Waals surface area contributed by atoms with Crippen LogP contribution in [0.25, 0.3) is 16.8 Å². The van der Waals surface area contributed by atoms with Crippen molar-refractivity contribution in [3.63, 3.8) is 0 Å². The topological polar surface area (TPSA) is 47.4 Å². The molecule has 144 valence electrons. The van der Waals surface area contributed by atoms with Gasteiger partial charge in [-0.15, -0.1) is 0 Å². The van der Waals surface area contributed by atoms with Crippen LogP contribution in [0.1, 0.15) is 25.1 Å². The molecular weight excluding hydrogens is 374 g/mol. The van der Waals surface area contributed by atoms with E-state index in [0.717, 1.165) is 29.7 Å². The number of para-hydroxylation sites is 1. The number of amides is 1. The number of carbonyl (C=O) groups excluding carboxylic acids is 1. The first-order valence-electron chi connectivity index (χ1n) is 9.55. The number of rotatable bonds is 4. The van der Waals surface area contributed by atoms with E-state index >= 15 is 0 Å². The predicted molar refractivity (Wildman–Crippen MR) is 110 cm³/mol. The molecule has 1 aliphatic rings. The molecule has 0 saturated heterocycles. The van der Waals surface area contributed by atoms with E-state index < -0.39 is 0 Å². The summed E-state index contributed by atoms with van der Waals surface area (Å²) >= 11 is 6.44. The maximum absolute atomic E-state index is 12.8. The fraction of sp³-hybridized carbons (Fsp3) is 0.273. The van der Waals surface area contributed by atoms with Crippen LogP contribution in [0.15, 0.2) is 48.5 Å². The Morgan fingerprint density at radius 2 is 1.82 bits per heavy atom. The van der Waals surface area contributed by atoms with E-state index in [2.05, 4.69) is 12.1 Å². The third-order valence-electron chi connectivity index (χ3n) is 5.12. The Morgan fingerprint density at radius 1 is 1.11 bits per heavy atom. The average Bonchev–Trinajstić information content (AvgIpc) is 3.08. The van der Waals surface area contributed by atoms with Gasteiger partial charge in [0.1, 0.15) is 0 Å². The van der Waals surface area contributed by atoms with Gasteiger partial charge in [-0.05, 0) is 49.9 Å². The minimum absolute atomic E-state index is 0.385. The average molecular weight is 396 g/mol. The summed E-state index contributed by atoms with van der Waals surface area (Å²) in [5.74, 6) is 0.423. The lowest BCUT2D eigenvalue weighted by molar-refractivity contribution is 0.154. The lowest BCUT2D eigenvalue weighted by atomic mass is 9.90. The lowest BCUT2D eigenvalue weighted by Crippen LogP contribution is -2.33. The van der Waals surface area contributed by atoms with Crippen LogP contribution in [0.5, 0.6) is 5.88 Å². The summed E-state index contributed by atoms with van der Waals surface area (Å²) in [5, 5.41) is 5.33. The second kappa shape index (κ2) is 7.68. The fourth-order valence-electron chi connectivity index (χ4n) is 3.64. The summed E-state index contributed by atoms with van der Waals surface area (Å²) < 4.78 is 7.59. The highest BCUT2D eigenvalue weighted by molar-refractivity contribution is 6.32. The number of hydrogen-bond acceptors (Lipinski definition) is 3. The van der Waals surface area contributed by atoms with E-state index in [0.29, 0.717) is 29.7 Å². The lowest BCUT2D eigenvalue weighted by Gasteiger charge is -2.20. The quantitative estimate of drug-likeness (QED) is 0.615. The van der Waals surface area contributed by atoms with Crippen molar-refractivity contribution in [1.29, 1.82) is 0 Å². The summed E-state index contributed by atoms with van der Waals surface area (Å²) in [5.41, 5.74) is 4.78. The summed E-state index contributed by atoms with van der Waals surface area (Å²) in [6.07, 6.45) is 1.32. The Labute approximate surface area is 169 Å². The van der Waals surface area contributed by atoms with E-state index in [4.69, 9.17) is 21.4 Å². The Hall–Kier alpha value is -2.79. The van der Waals surface area contributed by atoms with Crippen molar-refractivity contribution in [2.75, 3.05) is 13.1 Å². The Balaban J connectivity index is 1.90. The Morgan fingerprint density at radius 3 is 2.57 bits per heavy atom. The van der Waals surface area contributed by atoms with Gasteiger partial charge in [0.25, 0.3) is 0 Å². The fourth-order valence-corrected chi connectivity index (χ4v) is 3.85. The van der Waals surface area contributed by atoms with Crippen LogP contribution < -0.4 is 4.74 Å². The smallest absolute Gasteiger partial charge is 0.390 e. The van der Waals surface area contributed by atoms with E-state index in [-0.39, 0.29) is 6.09 Å². The van der Waals surface area contributed by atoms with E-state index in [1.807, 2.05) is 50.2 Å². The number of benzene rings is 2. The molecule has 1 heterocycles. The maximum atomic E-state index is 12.8. The van der Waals surface area contributed by atoms with Crippen LogP contribution in [0, 0.1) is 0 Å². The zero-order valence-corrected chi connectivity index (χ0v) is 16.7. The number of nitrogens with zero attached hydrogens (tertiary/aromatic N) is 3. The van der Waals surface area contributed by atoms with E-state index in [1.165, 1.54) is 5.56 Å². The number of ether oxygens (including phenoxy) is 1. The number of halogens is 1. The van der Waals surface area contributed by atoms with Crippen LogP contribution in [-0.4, -0.2) is 33.9 Å². The molecule has 0 saturated carbocycles. The summed E-state index contributed by atoms with van der Waals surface area (Å²) in [4.78, 5) is 14.4. The minimum atomic E-state index is -0.385. The van der Waals surface area contributed by atoms with Gasteiger partial charge in [0.2, 0.25) is 5.88 Å². The molecule has 3 aromatic rings. The van der Waals surface area contributed by atoms with Crippen LogP contribution in [0.4, 0.5) is 4.79 Å². The third-order valence-corrected chi connectivity index (χ3v) is 5.44. The van der Waals surface area contributed by atoms with Gasteiger partial charge in [-0.3, -0.25) is 0 Å². The number of fused-ring (bicyclic) bond motifs is 3. The molecule has 0 aliphatic heterocycles. The van der Waals surface area contributed by atoms with Crippen molar-refractivity contribution < 1.29 is 9.53 Å². The van der Waals surface area contributed by atoms with Crippen LogP contribution in [0.2, 0.25) is 5.02 Å². The highest BCUT2D eigenvalue weighted by atomic mass is 35.5. The molecule has 5 nitrogen and oxygen atoms in total. The number of hydrogen-bond donors (Lipinski definition) is 0. The summed E-state index contributed by atoms with van der Waals surface area (Å²) in [6, 6.07) is 15.6. The molecule has 2 aromatic carbocycles. The first-order valence-corrected chi connectivity index (χ1v) is 9.93. The molecule has 28 heavy (non-hydrogen) atoms. The van der Waals surface area contributed by atoms with Crippen molar-refractivity contribution in [3.05, 3.63) is 64.8 Å². The van der Waals surface area contributed by atoms with Gasteiger partial charge >= 0.3 is 6.09 Å². The molecule has 0 N–H and O–H groups in total. The Bertz CT molecular complexity index is 1020. The number of aromatic nitrogens is 2. The highest BCUT2D eigenvalue weighted by Gasteiger charge is 2.29. The van der Waals surface area contributed by atoms with Gasteiger partial charge in [0, 0.05) is 13.1 Å².